The number of aliphatic carboxylic acids is 1. The van der Waals surface area contributed by atoms with E-state index in [4.69, 9.17) is 15.3 Å². The van der Waals surface area contributed by atoms with Gasteiger partial charge in [-0.15, -0.1) is 0 Å². The molecule has 6 nitrogen and oxygen atoms in total. The molecule has 0 saturated heterocycles. The van der Waals surface area contributed by atoms with Gasteiger partial charge in [-0.1, -0.05) is 0 Å². The molecule has 1 aromatic carbocycles. The van der Waals surface area contributed by atoms with Gasteiger partial charge in [0.15, 0.2) is 0 Å². The molecule has 0 aliphatic carbocycles. The van der Waals surface area contributed by atoms with Crippen LogP contribution in [-0.2, 0) is 17.8 Å². The number of aromatic hydroxyl groups is 1. The van der Waals surface area contributed by atoms with Gasteiger partial charge in [0.25, 0.3) is 0 Å². The Morgan fingerprint density at radius 2 is 1.81 bits per heavy atom. The van der Waals surface area contributed by atoms with E-state index in [1.54, 1.807) is 0 Å². The van der Waals surface area contributed by atoms with Crippen molar-refractivity contribution in [1.82, 2.24) is 0 Å². The van der Waals surface area contributed by atoms with Crippen LogP contribution in [0.1, 0.15) is 21.5 Å². The van der Waals surface area contributed by atoms with Crippen molar-refractivity contribution in [1.29, 1.82) is 0 Å². The Kier molecular flexibility index (Phi) is 3.47. The molecule has 0 aliphatic rings. The number of hydrogen-bond acceptors (Lipinski definition) is 4. The van der Waals surface area contributed by atoms with Crippen LogP contribution < -0.4 is 0 Å². The molecule has 0 atom stereocenters. The van der Waals surface area contributed by atoms with Crippen LogP contribution in [0.4, 0.5) is 0 Å². The molecular weight excluding hydrogens is 216 g/mol. The summed E-state index contributed by atoms with van der Waals surface area (Å²) in [5.74, 6) is -3.03. The van der Waals surface area contributed by atoms with Gasteiger partial charge in [-0.25, -0.2) is 4.79 Å². The van der Waals surface area contributed by atoms with E-state index < -0.39 is 29.9 Å². The Hall–Kier alpha value is -2.08. The molecule has 0 bridgehead atoms. The van der Waals surface area contributed by atoms with E-state index >= 15 is 0 Å². The first kappa shape index (κ1) is 12.0. The number of carboxylic acids is 2. The van der Waals surface area contributed by atoms with Gasteiger partial charge in [-0.3, -0.25) is 4.79 Å². The second-order valence-corrected chi connectivity index (χ2v) is 3.18. The predicted octanol–water partition coefficient (Wildman–Crippen LogP) is 0.210. The molecule has 1 rings (SSSR count). The van der Waals surface area contributed by atoms with E-state index in [9.17, 15) is 14.7 Å². The maximum Gasteiger partial charge on any atom is 0.339 e. The zero-order valence-electron chi connectivity index (χ0n) is 8.17. The highest BCUT2D eigenvalue weighted by Gasteiger charge is 2.16. The molecule has 6 heteroatoms. The summed E-state index contributed by atoms with van der Waals surface area (Å²) in [6.45, 7) is -0.556. The van der Waals surface area contributed by atoms with E-state index in [-0.39, 0.29) is 17.5 Å². The highest BCUT2D eigenvalue weighted by molar-refractivity contribution is 5.91. The number of aliphatic hydroxyl groups is 1. The fourth-order valence-corrected chi connectivity index (χ4v) is 1.32. The third-order valence-corrected chi connectivity index (χ3v) is 2.00. The topological polar surface area (TPSA) is 115 Å². The second kappa shape index (κ2) is 4.63. The van der Waals surface area contributed by atoms with Crippen molar-refractivity contribution in [3.8, 4) is 5.75 Å². The minimum absolute atomic E-state index is 0.00356. The van der Waals surface area contributed by atoms with Crippen molar-refractivity contribution >= 4 is 11.9 Å². The van der Waals surface area contributed by atoms with Gasteiger partial charge in [-0.2, -0.15) is 0 Å². The normalized spacial score (nSPS) is 10.1. The molecule has 4 N–H and O–H groups in total. The lowest BCUT2D eigenvalue weighted by Gasteiger charge is -2.07. The zero-order chi connectivity index (χ0) is 12.3. The molecule has 1 aromatic rings. The first-order chi connectivity index (χ1) is 7.45. The Morgan fingerprint density at radius 1 is 1.19 bits per heavy atom. The van der Waals surface area contributed by atoms with Crippen molar-refractivity contribution in [2.45, 2.75) is 13.0 Å². The standard InChI is InChI=1S/C10H10O6/c11-4-6-1-5(3-8(12)13)2-7(9(6)14)10(15)16/h1-2,11,14H,3-4H2,(H,12,13)(H,15,16). The average molecular weight is 226 g/mol. The maximum absolute atomic E-state index is 10.7. The number of aromatic carboxylic acids is 1. The van der Waals surface area contributed by atoms with E-state index in [0.29, 0.717) is 0 Å². The summed E-state index contributed by atoms with van der Waals surface area (Å²) in [5.41, 5.74) is -0.203. The quantitative estimate of drug-likeness (QED) is 0.583. The van der Waals surface area contributed by atoms with Crippen LogP contribution in [0.2, 0.25) is 0 Å². The molecular formula is C10H10O6. The summed E-state index contributed by atoms with van der Waals surface area (Å²) >= 11 is 0. The molecule has 0 spiro atoms. The summed E-state index contributed by atoms with van der Waals surface area (Å²) in [4.78, 5) is 21.2. The van der Waals surface area contributed by atoms with Crippen LogP contribution in [-0.4, -0.2) is 32.4 Å². The van der Waals surface area contributed by atoms with Gasteiger partial charge in [0.05, 0.1) is 13.0 Å². The molecule has 0 unspecified atom stereocenters. The second-order valence-electron chi connectivity index (χ2n) is 3.18. The van der Waals surface area contributed by atoms with E-state index in [2.05, 4.69) is 0 Å². The lowest BCUT2D eigenvalue weighted by Crippen LogP contribution is -2.05. The zero-order valence-corrected chi connectivity index (χ0v) is 8.17. The van der Waals surface area contributed by atoms with Crippen molar-refractivity contribution in [3.63, 3.8) is 0 Å². The molecule has 0 radical (unpaired) electrons. The third kappa shape index (κ3) is 2.48. The van der Waals surface area contributed by atoms with Gasteiger partial charge < -0.3 is 20.4 Å². The molecule has 0 aliphatic heterocycles. The Labute approximate surface area is 90.4 Å². The highest BCUT2D eigenvalue weighted by atomic mass is 16.4. The number of hydrogen-bond donors (Lipinski definition) is 4. The number of rotatable bonds is 4. The Morgan fingerprint density at radius 3 is 2.25 bits per heavy atom. The molecule has 0 amide bonds. The highest BCUT2D eigenvalue weighted by Crippen LogP contribution is 2.25. The van der Waals surface area contributed by atoms with Gasteiger partial charge in [0, 0.05) is 5.56 Å². The molecule has 0 heterocycles. The van der Waals surface area contributed by atoms with Gasteiger partial charge >= 0.3 is 11.9 Å². The van der Waals surface area contributed by atoms with Gasteiger partial charge in [0.1, 0.15) is 11.3 Å². The fraction of sp³-hybridized carbons (Fsp3) is 0.200. The van der Waals surface area contributed by atoms with Crippen LogP contribution in [0, 0.1) is 0 Å². The SMILES string of the molecule is O=C(O)Cc1cc(CO)c(O)c(C(=O)O)c1. The first-order valence-corrected chi connectivity index (χ1v) is 4.36. The molecule has 0 aromatic heterocycles. The number of aliphatic hydroxyl groups excluding tert-OH is 1. The Balaban J connectivity index is 3.28. The number of carboxylic acid groups (broad SMARTS) is 2. The van der Waals surface area contributed by atoms with Crippen LogP contribution in [0.15, 0.2) is 12.1 Å². The molecule has 16 heavy (non-hydrogen) atoms. The van der Waals surface area contributed by atoms with Gasteiger partial charge in [-0.05, 0) is 17.7 Å². The largest absolute Gasteiger partial charge is 0.507 e. The monoisotopic (exact) mass is 226 g/mol. The first-order valence-electron chi connectivity index (χ1n) is 4.36. The third-order valence-electron chi connectivity index (χ3n) is 2.00. The summed E-state index contributed by atoms with van der Waals surface area (Å²) in [5, 5.41) is 35.6. The van der Waals surface area contributed by atoms with Crippen LogP contribution in [0.5, 0.6) is 5.75 Å². The van der Waals surface area contributed by atoms with Crippen molar-refractivity contribution in [3.05, 3.63) is 28.8 Å². The van der Waals surface area contributed by atoms with E-state index in [1.807, 2.05) is 0 Å². The fourth-order valence-electron chi connectivity index (χ4n) is 1.32. The summed E-state index contributed by atoms with van der Waals surface area (Å²) in [6.07, 6.45) is -0.368. The van der Waals surface area contributed by atoms with E-state index in [0.717, 1.165) is 6.07 Å². The van der Waals surface area contributed by atoms with Crippen molar-refractivity contribution < 1.29 is 30.0 Å². The number of carbonyl (C=O) groups is 2. The lowest BCUT2D eigenvalue weighted by atomic mass is 10.0. The van der Waals surface area contributed by atoms with Crippen LogP contribution >= 0.6 is 0 Å². The van der Waals surface area contributed by atoms with Crippen LogP contribution in [0.25, 0.3) is 0 Å². The van der Waals surface area contributed by atoms with Gasteiger partial charge in [0.2, 0.25) is 0 Å². The summed E-state index contributed by atoms with van der Waals surface area (Å²) < 4.78 is 0. The van der Waals surface area contributed by atoms with E-state index in [1.165, 1.54) is 6.07 Å². The maximum atomic E-state index is 10.7. The predicted molar refractivity (Wildman–Crippen MR) is 52.3 cm³/mol. The minimum atomic E-state index is -1.38. The van der Waals surface area contributed by atoms with Crippen molar-refractivity contribution in [2.24, 2.45) is 0 Å². The molecule has 0 fully saturated rings. The smallest absolute Gasteiger partial charge is 0.339 e. The number of phenols is 1. The Bertz CT molecular complexity index is 437. The van der Waals surface area contributed by atoms with Crippen LogP contribution in [0.3, 0.4) is 0 Å². The summed E-state index contributed by atoms with van der Waals surface area (Å²) in [7, 11) is 0. The molecule has 86 valence electrons. The van der Waals surface area contributed by atoms with Crippen molar-refractivity contribution in [2.75, 3.05) is 0 Å². The molecule has 0 saturated carbocycles. The minimum Gasteiger partial charge on any atom is -0.507 e. The lowest BCUT2D eigenvalue weighted by molar-refractivity contribution is -0.136. The summed E-state index contributed by atoms with van der Waals surface area (Å²) in [6, 6.07) is 2.33. The number of benzene rings is 1. The average Bonchev–Trinajstić information content (AvgIpc) is 2.19.